The topological polar surface area (TPSA) is 71.6 Å². The molecule has 26 heavy (non-hydrogen) atoms. The molecule has 1 unspecified atom stereocenters. The Morgan fingerprint density at radius 2 is 2.04 bits per heavy atom. The van der Waals surface area contributed by atoms with E-state index in [-0.39, 0.29) is 5.78 Å². The number of aromatic nitrogens is 3. The molecular weight excluding hydrogens is 344 g/mol. The van der Waals surface area contributed by atoms with Crippen LogP contribution in [0.4, 0.5) is 0 Å². The summed E-state index contributed by atoms with van der Waals surface area (Å²) in [6.07, 6.45) is 4.75. The monoisotopic (exact) mass is 364 g/mol. The summed E-state index contributed by atoms with van der Waals surface area (Å²) in [7, 11) is 1.85. The van der Waals surface area contributed by atoms with Crippen molar-refractivity contribution in [2.24, 2.45) is 7.05 Å². The summed E-state index contributed by atoms with van der Waals surface area (Å²) in [6.45, 7) is 1.87. The first-order valence-corrected chi connectivity index (χ1v) is 9.74. The third-order valence-electron chi connectivity index (χ3n) is 5.21. The molecule has 1 fully saturated rings. The van der Waals surface area contributed by atoms with Crippen LogP contribution in [-0.2, 0) is 7.05 Å². The highest BCUT2D eigenvalue weighted by Crippen LogP contribution is 2.38. The average molecular weight is 364 g/mol. The van der Waals surface area contributed by atoms with Crippen molar-refractivity contribution in [2.75, 3.05) is 0 Å². The molecule has 0 amide bonds. The molecule has 5 nitrogen and oxygen atoms in total. The smallest absolute Gasteiger partial charge is 0.199 e. The van der Waals surface area contributed by atoms with Gasteiger partial charge in [0.1, 0.15) is 5.82 Å². The Morgan fingerprint density at radius 3 is 2.73 bits per heavy atom. The van der Waals surface area contributed by atoms with Crippen LogP contribution in [-0.4, -0.2) is 20.3 Å². The Hall–Kier alpha value is -2.52. The summed E-state index contributed by atoms with van der Waals surface area (Å²) in [6, 6.07) is 9.85. The largest absolute Gasteiger partial charge is 0.330 e. The molecule has 2 aromatic heterocycles. The lowest BCUT2D eigenvalue weighted by Crippen LogP contribution is -2.15. The molecule has 1 aliphatic carbocycles. The van der Waals surface area contributed by atoms with Gasteiger partial charge in [0.15, 0.2) is 11.7 Å². The molecule has 0 aliphatic heterocycles. The average Bonchev–Trinajstić information content (AvgIpc) is 3.36. The van der Waals surface area contributed by atoms with E-state index < -0.39 is 5.92 Å². The summed E-state index contributed by atoms with van der Waals surface area (Å²) >= 11 is 1.47. The van der Waals surface area contributed by atoms with Crippen molar-refractivity contribution in [3.8, 4) is 6.07 Å². The molecular formula is C20H20N4OS. The first-order chi connectivity index (χ1) is 12.6. The van der Waals surface area contributed by atoms with Crippen LogP contribution in [0.3, 0.4) is 0 Å². The zero-order valence-electron chi connectivity index (χ0n) is 14.9. The molecule has 1 saturated carbocycles. The predicted molar refractivity (Wildman–Crippen MR) is 101 cm³/mol. The van der Waals surface area contributed by atoms with Gasteiger partial charge in [-0.05, 0) is 31.9 Å². The molecule has 1 aromatic carbocycles. The van der Waals surface area contributed by atoms with E-state index in [9.17, 15) is 10.1 Å². The van der Waals surface area contributed by atoms with Crippen molar-refractivity contribution in [3.05, 3.63) is 45.7 Å². The number of imidazole rings is 1. The number of ketones is 1. The Kier molecular flexibility index (Phi) is 4.33. The van der Waals surface area contributed by atoms with Crippen molar-refractivity contribution in [1.82, 2.24) is 14.5 Å². The number of thiazole rings is 1. The molecule has 6 heteroatoms. The van der Waals surface area contributed by atoms with Crippen molar-refractivity contribution >= 4 is 28.2 Å². The number of carbonyl (C=O) groups is 1. The number of rotatable bonds is 4. The number of para-hydroxylation sites is 2. The summed E-state index contributed by atoms with van der Waals surface area (Å²) in [5.74, 6) is -0.140. The lowest BCUT2D eigenvalue weighted by molar-refractivity contribution is 0.0978. The number of hydrogen-bond donors (Lipinski definition) is 0. The summed E-state index contributed by atoms with van der Waals surface area (Å²) in [5, 5.41) is 10.8. The van der Waals surface area contributed by atoms with Crippen LogP contribution >= 0.6 is 11.3 Å². The van der Waals surface area contributed by atoms with Gasteiger partial charge in [-0.1, -0.05) is 25.0 Å². The fraction of sp³-hybridized carbons (Fsp3) is 0.400. The maximum absolute atomic E-state index is 13.1. The normalized spacial score (nSPS) is 16.0. The SMILES string of the molecule is Cc1nc(C2CCCC2)sc1C(=O)C(C#N)c1nc2ccccc2n1C. The zero-order valence-corrected chi connectivity index (χ0v) is 15.7. The number of nitriles is 1. The summed E-state index contributed by atoms with van der Waals surface area (Å²) in [4.78, 5) is 22.9. The Morgan fingerprint density at radius 1 is 1.31 bits per heavy atom. The van der Waals surface area contributed by atoms with Crippen molar-refractivity contribution in [3.63, 3.8) is 0 Å². The third kappa shape index (κ3) is 2.73. The molecule has 2 heterocycles. The van der Waals surface area contributed by atoms with Crippen molar-refractivity contribution in [2.45, 2.75) is 44.4 Å². The molecule has 0 saturated heterocycles. The lowest BCUT2D eigenvalue weighted by atomic mass is 10.0. The number of aryl methyl sites for hydroxylation is 2. The standard InChI is InChI=1S/C20H20N4OS/c1-12-18(26-20(22-12)13-7-3-4-8-13)17(25)14(11-21)19-23-15-9-5-6-10-16(15)24(19)2/h5-6,9-10,13-14H,3-4,7-8H2,1-2H3. The predicted octanol–water partition coefficient (Wildman–Crippen LogP) is 4.49. The van der Waals surface area contributed by atoms with Crippen LogP contribution in [0.1, 0.15) is 63.7 Å². The van der Waals surface area contributed by atoms with Gasteiger partial charge < -0.3 is 4.57 Å². The minimum Gasteiger partial charge on any atom is -0.330 e. The number of Topliss-reactive ketones (excluding diaryl/α,β-unsaturated/α-hetero) is 1. The molecule has 0 radical (unpaired) electrons. The van der Waals surface area contributed by atoms with E-state index in [1.807, 2.05) is 42.8 Å². The van der Waals surface area contributed by atoms with Gasteiger partial charge in [-0.15, -0.1) is 11.3 Å². The molecule has 132 valence electrons. The van der Waals surface area contributed by atoms with E-state index >= 15 is 0 Å². The van der Waals surface area contributed by atoms with Gasteiger partial charge in [-0.25, -0.2) is 9.97 Å². The van der Waals surface area contributed by atoms with E-state index in [1.165, 1.54) is 24.2 Å². The van der Waals surface area contributed by atoms with E-state index in [2.05, 4.69) is 16.0 Å². The quantitative estimate of drug-likeness (QED) is 0.640. The second kappa shape index (κ2) is 6.65. The van der Waals surface area contributed by atoms with Gasteiger partial charge in [0, 0.05) is 13.0 Å². The molecule has 4 rings (SSSR count). The van der Waals surface area contributed by atoms with Crippen LogP contribution in [0.2, 0.25) is 0 Å². The van der Waals surface area contributed by atoms with Gasteiger partial charge in [0.25, 0.3) is 0 Å². The zero-order chi connectivity index (χ0) is 18.3. The van der Waals surface area contributed by atoms with E-state index in [0.29, 0.717) is 16.6 Å². The van der Waals surface area contributed by atoms with Gasteiger partial charge in [0.05, 0.1) is 32.7 Å². The fourth-order valence-electron chi connectivity index (χ4n) is 3.78. The molecule has 1 aliphatic rings. The minimum absolute atomic E-state index is 0.190. The van der Waals surface area contributed by atoms with Crippen LogP contribution in [0.5, 0.6) is 0 Å². The van der Waals surface area contributed by atoms with Crippen LogP contribution in [0.15, 0.2) is 24.3 Å². The fourth-order valence-corrected chi connectivity index (χ4v) is 4.99. The molecule has 0 N–H and O–H groups in total. The van der Waals surface area contributed by atoms with Gasteiger partial charge in [-0.2, -0.15) is 5.26 Å². The number of fused-ring (bicyclic) bond motifs is 1. The highest BCUT2D eigenvalue weighted by atomic mass is 32.1. The first kappa shape index (κ1) is 16.9. The highest BCUT2D eigenvalue weighted by Gasteiger charge is 2.31. The van der Waals surface area contributed by atoms with Gasteiger partial charge in [-0.3, -0.25) is 4.79 Å². The van der Waals surface area contributed by atoms with E-state index in [4.69, 9.17) is 0 Å². The number of hydrogen-bond acceptors (Lipinski definition) is 5. The van der Waals surface area contributed by atoms with Crippen LogP contribution in [0.25, 0.3) is 11.0 Å². The molecule has 1 atom stereocenters. The third-order valence-corrected chi connectivity index (χ3v) is 6.55. The number of nitrogens with zero attached hydrogens (tertiary/aromatic N) is 4. The van der Waals surface area contributed by atoms with Crippen molar-refractivity contribution < 1.29 is 4.79 Å². The maximum Gasteiger partial charge on any atom is 0.199 e. The Balaban J connectivity index is 1.71. The summed E-state index contributed by atoms with van der Waals surface area (Å²) < 4.78 is 1.84. The number of benzene rings is 1. The number of carbonyl (C=O) groups excluding carboxylic acids is 1. The molecule has 3 aromatic rings. The maximum atomic E-state index is 13.1. The van der Waals surface area contributed by atoms with E-state index in [1.54, 1.807) is 0 Å². The molecule has 0 spiro atoms. The molecule has 0 bridgehead atoms. The highest BCUT2D eigenvalue weighted by molar-refractivity contribution is 7.14. The summed E-state index contributed by atoms with van der Waals surface area (Å²) in [5.41, 5.74) is 2.45. The minimum atomic E-state index is -0.914. The van der Waals surface area contributed by atoms with Gasteiger partial charge >= 0.3 is 0 Å². The van der Waals surface area contributed by atoms with Gasteiger partial charge in [0.2, 0.25) is 0 Å². The second-order valence-corrected chi connectivity index (χ2v) is 7.92. The Labute approximate surface area is 156 Å². The first-order valence-electron chi connectivity index (χ1n) is 8.92. The lowest BCUT2D eigenvalue weighted by Gasteiger charge is -2.08. The van der Waals surface area contributed by atoms with Crippen LogP contribution in [0, 0.1) is 18.3 Å². The van der Waals surface area contributed by atoms with Crippen molar-refractivity contribution in [1.29, 1.82) is 5.26 Å². The van der Waals surface area contributed by atoms with Crippen LogP contribution < -0.4 is 0 Å². The van der Waals surface area contributed by atoms with E-state index in [0.717, 1.165) is 34.6 Å². The second-order valence-electron chi connectivity index (χ2n) is 6.89. The Bertz CT molecular complexity index is 1020.